The van der Waals surface area contributed by atoms with Crippen LogP contribution in [0.5, 0.6) is 0 Å². The molecule has 3 aromatic rings. The third-order valence-corrected chi connectivity index (χ3v) is 5.47. The number of fused-ring (bicyclic) bond motifs is 1. The van der Waals surface area contributed by atoms with E-state index in [9.17, 15) is 4.79 Å². The van der Waals surface area contributed by atoms with E-state index < -0.39 is 5.60 Å². The number of rotatable bonds is 4. The average Bonchev–Trinajstić information content (AvgIpc) is 2.77. The summed E-state index contributed by atoms with van der Waals surface area (Å²) in [5, 5.41) is 3.02. The van der Waals surface area contributed by atoms with Gasteiger partial charge in [-0.2, -0.15) is 0 Å². The molecule has 164 valence electrons. The Bertz CT molecular complexity index is 1060. The second-order valence-electron chi connectivity index (χ2n) is 9.23. The molecule has 0 saturated heterocycles. The van der Waals surface area contributed by atoms with Crippen LogP contribution < -0.4 is 5.32 Å². The molecule has 0 radical (unpaired) electrons. The lowest BCUT2D eigenvalue weighted by Gasteiger charge is -2.27. The standard InChI is InChI=1S/C28H30N2O2/c1-28(2,3)32-27(31)30-25-17-15-22-18-24(16-14-23(22)19-25)29-26(20-10-6-4-7-11-20)21-12-8-5-9-13-21/h4-14,16,18,25H,15,17,19H2,1-3H3,(H,30,31)/t25-/m0/s1. The van der Waals surface area contributed by atoms with E-state index in [0.717, 1.165) is 41.8 Å². The van der Waals surface area contributed by atoms with Crippen molar-refractivity contribution in [2.24, 2.45) is 4.99 Å². The predicted molar refractivity (Wildman–Crippen MR) is 130 cm³/mol. The molecule has 32 heavy (non-hydrogen) atoms. The minimum Gasteiger partial charge on any atom is -0.444 e. The summed E-state index contributed by atoms with van der Waals surface area (Å²) in [6.45, 7) is 5.64. The van der Waals surface area contributed by atoms with Gasteiger partial charge in [0, 0.05) is 17.2 Å². The molecule has 1 N–H and O–H groups in total. The van der Waals surface area contributed by atoms with Gasteiger partial charge in [-0.3, -0.25) is 0 Å². The van der Waals surface area contributed by atoms with Crippen molar-refractivity contribution in [3.63, 3.8) is 0 Å². The maximum atomic E-state index is 12.1. The Morgan fingerprint density at radius 3 is 2.12 bits per heavy atom. The van der Waals surface area contributed by atoms with E-state index in [1.54, 1.807) is 0 Å². The van der Waals surface area contributed by atoms with Crippen LogP contribution >= 0.6 is 0 Å². The summed E-state index contributed by atoms with van der Waals surface area (Å²) in [6, 6.07) is 27.1. The lowest BCUT2D eigenvalue weighted by molar-refractivity contribution is 0.0500. The molecular formula is C28H30N2O2. The molecule has 0 bridgehead atoms. The summed E-state index contributed by atoms with van der Waals surface area (Å²) in [4.78, 5) is 17.2. The smallest absolute Gasteiger partial charge is 0.407 e. The highest BCUT2D eigenvalue weighted by molar-refractivity contribution is 6.13. The number of carbonyl (C=O) groups excluding carboxylic acids is 1. The maximum absolute atomic E-state index is 12.1. The summed E-state index contributed by atoms with van der Waals surface area (Å²) in [7, 11) is 0. The highest BCUT2D eigenvalue weighted by Gasteiger charge is 2.23. The van der Waals surface area contributed by atoms with Crippen LogP contribution in [0.15, 0.2) is 83.9 Å². The van der Waals surface area contributed by atoms with Gasteiger partial charge < -0.3 is 10.1 Å². The van der Waals surface area contributed by atoms with Crippen LogP contribution in [0.2, 0.25) is 0 Å². The fourth-order valence-electron chi connectivity index (χ4n) is 4.03. The number of aliphatic imine (C=N–C) groups is 1. The van der Waals surface area contributed by atoms with Gasteiger partial charge in [0.15, 0.2) is 0 Å². The van der Waals surface area contributed by atoms with Gasteiger partial charge in [-0.1, -0.05) is 66.7 Å². The van der Waals surface area contributed by atoms with Crippen LogP contribution in [0.25, 0.3) is 0 Å². The number of alkyl carbamates (subject to hydrolysis) is 1. The Labute approximate surface area is 190 Å². The number of amides is 1. The minimum absolute atomic E-state index is 0.0934. The monoisotopic (exact) mass is 426 g/mol. The zero-order chi connectivity index (χ0) is 22.6. The molecule has 4 heteroatoms. The van der Waals surface area contributed by atoms with Gasteiger partial charge in [-0.15, -0.1) is 0 Å². The van der Waals surface area contributed by atoms with E-state index in [4.69, 9.17) is 9.73 Å². The molecule has 0 aliphatic heterocycles. The summed E-state index contributed by atoms with van der Waals surface area (Å²) in [5.74, 6) is 0. The van der Waals surface area contributed by atoms with Crippen molar-refractivity contribution in [3.05, 3.63) is 101 Å². The van der Waals surface area contributed by atoms with E-state index in [1.165, 1.54) is 11.1 Å². The van der Waals surface area contributed by atoms with Crippen LogP contribution in [0.1, 0.15) is 49.4 Å². The van der Waals surface area contributed by atoms with E-state index >= 15 is 0 Å². The van der Waals surface area contributed by atoms with Crippen molar-refractivity contribution in [3.8, 4) is 0 Å². The molecule has 1 atom stereocenters. The Balaban J connectivity index is 1.55. The molecule has 0 fully saturated rings. The molecule has 0 aromatic heterocycles. The SMILES string of the molecule is CC(C)(C)OC(=O)N[C@H]1CCc2cc(N=C(c3ccccc3)c3ccccc3)ccc2C1. The number of hydrogen-bond donors (Lipinski definition) is 1. The van der Waals surface area contributed by atoms with Crippen LogP contribution in [-0.2, 0) is 17.6 Å². The number of hydrogen-bond acceptors (Lipinski definition) is 3. The second-order valence-corrected chi connectivity index (χ2v) is 9.23. The molecule has 0 unspecified atom stereocenters. The van der Waals surface area contributed by atoms with Crippen molar-refractivity contribution < 1.29 is 9.53 Å². The quantitative estimate of drug-likeness (QED) is 0.502. The molecule has 0 spiro atoms. The van der Waals surface area contributed by atoms with E-state index in [0.29, 0.717) is 0 Å². The van der Waals surface area contributed by atoms with Crippen LogP contribution in [0.4, 0.5) is 10.5 Å². The molecular weight excluding hydrogens is 396 g/mol. The third-order valence-electron chi connectivity index (χ3n) is 5.47. The lowest BCUT2D eigenvalue weighted by atomic mass is 9.88. The van der Waals surface area contributed by atoms with Crippen molar-refractivity contribution in [2.45, 2.75) is 51.7 Å². The summed E-state index contributed by atoms with van der Waals surface area (Å²) in [5.41, 5.74) is 6.18. The van der Waals surface area contributed by atoms with Gasteiger partial charge in [0.05, 0.1) is 11.4 Å². The Morgan fingerprint density at radius 1 is 0.906 bits per heavy atom. The van der Waals surface area contributed by atoms with E-state index in [1.807, 2.05) is 57.2 Å². The van der Waals surface area contributed by atoms with Gasteiger partial charge in [-0.05, 0) is 63.3 Å². The Kier molecular flexibility index (Phi) is 6.40. The highest BCUT2D eigenvalue weighted by Crippen LogP contribution is 2.27. The topological polar surface area (TPSA) is 50.7 Å². The number of nitrogens with one attached hydrogen (secondary N) is 1. The van der Waals surface area contributed by atoms with Crippen molar-refractivity contribution in [1.29, 1.82) is 0 Å². The summed E-state index contributed by atoms with van der Waals surface area (Å²) < 4.78 is 5.41. The average molecular weight is 427 g/mol. The first-order valence-electron chi connectivity index (χ1n) is 11.2. The zero-order valence-electron chi connectivity index (χ0n) is 19.0. The van der Waals surface area contributed by atoms with Crippen molar-refractivity contribution in [2.75, 3.05) is 0 Å². The molecule has 1 amide bonds. The Hall–Kier alpha value is -3.40. The first-order valence-corrected chi connectivity index (χ1v) is 11.2. The number of carbonyl (C=O) groups is 1. The van der Waals surface area contributed by atoms with Crippen LogP contribution in [0, 0.1) is 0 Å². The summed E-state index contributed by atoms with van der Waals surface area (Å²) >= 11 is 0. The fraction of sp³-hybridized carbons (Fsp3) is 0.286. The molecule has 0 heterocycles. The second kappa shape index (κ2) is 9.39. The fourth-order valence-corrected chi connectivity index (χ4v) is 4.03. The first-order chi connectivity index (χ1) is 15.4. The number of aryl methyl sites for hydroxylation is 1. The minimum atomic E-state index is -0.487. The maximum Gasteiger partial charge on any atom is 0.407 e. The zero-order valence-corrected chi connectivity index (χ0v) is 19.0. The van der Waals surface area contributed by atoms with E-state index in [2.05, 4.69) is 47.8 Å². The van der Waals surface area contributed by atoms with Gasteiger partial charge in [0.1, 0.15) is 5.60 Å². The van der Waals surface area contributed by atoms with Gasteiger partial charge in [-0.25, -0.2) is 9.79 Å². The first kappa shape index (κ1) is 21.8. The van der Waals surface area contributed by atoms with Crippen LogP contribution in [-0.4, -0.2) is 23.4 Å². The number of ether oxygens (including phenoxy) is 1. The Morgan fingerprint density at radius 2 is 1.53 bits per heavy atom. The molecule has 1 aliphatic carbocycles. The lowest BCUT2D eigenvalue weighted by Crippen LogP contribution is -2.41. The van der Waals surface area contributed by atoms with Gasteiger partial charge in [0.2, 0.25) is 0 Å². The third kappa shape index (κ3) is 5.64. The number of nitrogens with zero attached hydrogens (tertiary/aromatic N) is 1. The summed E-state index contributed by atoms with van der Waals surface area (Å²) in [6.07, 6.45) is 2.26. The molecule has 0 saturated carbocycles. The normalized spacial score (nSPS) is 15.4. The van der Waals surface area contributed by atoms with Gasteiger partial charge in [0.25, 0.3) is 0 Å². The van der Waals surface area contributed by atoms with Gasteiger partial charge >= 0.3 is 6.09 Å². The molecule has 1 aliphatic rings. The van der Waals surface area contributed by atoms with Crippen LogP contribution in [0.3, 0.4) is 0 Å². The molecule has 4 rings (SSSR count). The van der Waals surface area contributed by atoms with Crippen molar-refractivity contribution >= 4 is 17.5 Å². The molecule has 3 aromatic carbocycles. The highest BCUT2D eigenvalue weighted by atomic mass is 16.6. The van der Waals surface area contributed by atoms with E-state index in [-0.39, 0.29) is 12.1 Å². The van der Waals surface area contributed by atoms with Crippen molar-refractivity contribution in [1.82, 2.24) is 5.32 Å². The predicted octanol–water partition coefficient (Wildman–Crippen LogP) is 6.24. The largest absolute Gasteiger partial charge is 0.444 e. The molecule has 4 nitrogen and oxygen atoms in total. The number of benzene rings is 3.